The minimum atomic E-state index is 0.535. The number of anilines is 1. The summed E-state index contributed by atoms with van der Waals surface area (Å²) in [5, 5.41) is 12.0. The molecule has 0 atom stereocenters. The highest BCUT2D eigenvalue weighted by atomic mass is 79.9. The van der Waals surface area contributed by atoms with Crippen LogP contribution in [-0.2, 0) is 13.1 Å². The van der Waals surface area contributed by atoms with Crippen molar-refractivity contribution < 1.29 is 0 Å². The number of aromatic nitrogens is 2. The Morgan fingerprint density at radius 3 is 2.73 bits per heavy atom. The zero-order valence-electron chi connectivity index (χ0n) is 12.7. The molecule has 1 aromatic carbocycles. The van der Waals surface area contributed by atoms with Crippen LogP contribution in [0.25, 0.3) is 0 Å². The van der Waals surface area contributed by atoms with Crippen LogP contribution in [0.1, 0.15) is 23.9 Å². The number of hydrogen-bond donors (Lipinski definition) is 2. The molecule has 2 aromatic rings. The van der Waals surface area contributed by atoms with Gasteiger partial charge >= 0.3 is 0 Å². The van der Waals surface area contributed by atoms with E-state index in [1.807, 2.05) is 29.8 Å². The Labute approximate surface area is 149 Å². The first kappa shape index (κ1) is 17.2. The number of hydrogen-bond acceptors (Lipinski definition) is 2. The molecule has 118 valence electrons. The molecule has 0 radical (unpaired) electrons. The molecule has 0 saturated heterocycles. The van der Waals surface area contributed by atoms with Gasteiger partial charge < -0.3 is 10.6 Å². The molecule has 1 heterocycles. The smallest absolute Gasteiger partial charge is 0.171 e. The Balaban J connectivity index is 2.00. The number of benzene rings is 1. The first-order valence-corrected chi connectivity index (χ1v) is 8.53. The van der Waals surface area contributed by atoms with Crippen molar-refractivity contribution >= 4 is 50.5 Å². The first-order chi connectivity index (χ1) is 10.4. The molecule has 0 aliphatic carbocycles. The van der Waals surface area contributed by atoms with Gasteiger partial charge in [0.15, 0.2) is 5.11 Å². The second kappa shape index (κ2) is 7.44. The van der Waals surface area contributed by atoms with Gasteiger partial charge in [0.2, 0.25) is 0 Å². The van der Waals surface area contributed by atoms with Gasteiger partial charge in [0.1, 0.15) is 0 Å². The molecule has 4 nitrogen and oxygen atoms in total. The maximum atomic E-state index is 6.17. The molecule has 0 bridgehead atoms. The molecule has 0 fully saturated rings. The molecule has 0 aliphatic heterocycles. The van der Waals surface area contributed by atoms with E-state index in [2.05, 4.69) is 45.5 Å². The van der Waals surface area contributed by atoms with Crippen molar-refractivity contribution in [1.82, 2.24) is 15.1 Å². The molecule has 2 N–H and O–H groups in total. The topological polar surface area (TPSA) is 41.9 Å². The lowest BCUT2D eigenvalue weighted by Gasteiger charge is -2.12. The fourth-order valence-corrected chi connectivity index (χ4v) is 3.13. The second-order valence-corrected chi connectivity index (χ2v) is 6.63. The van der Waals surface area contributed by atoms with Crippen LogP contribution in [0, 0.1) is 13.8 Å². The number of nitrogens with one attached hydrogen (secondary N) is 2. The van der Waals surface area contributed by atoms with Crippen LogP contribution in [0.5, 0.6) is 0 Å². The Bertz CT molecular complexity index is 699. The Hall–Kier alpha value is -1.11. The standard InChI is InChI=1S/C15H18BrClN4S/c1-4-21-10(3)12(9(2)20-21)8-18-15(22)19-14-6-5-11(16)7-13(14)17/h5-7H,4,8H2,1-3H3,(H2,18,19,22). The van der Waals surface area contributed by atoms with Crippen LogP contribution in [-0.4, -0.2) is 14.9 Å². The summed E-state index contributed by atoms with van der Waals surface area (Å²) in [5.74, 6) is 0. The van der Waals surface area contributed by atoms with Gasteiger partial charge in [0, 0.05) is 28.8 Å². The average Bonchev–Trinajstić information content (AvgIpc) is 2.74. The predicted octanol–water partition coefficient (Wildman–Crippen LogP) is 4.42. The van der Waals surface area contributed by atoms with Crippen LogP contribution in [0.4, 0.5) is 5.69 Å². The third-order valence-corrected chi connectivity index (χ3v) is 4.49. The maximum absolute atomic E-state index is 6.17. The molecule has 0 spiro atoms. The fourth-order valence-electron chi connectivity index (χ4n) is 2.22. The lowest BCUT2D eigenvalue weighted by Crippen LogP contribution is -2.28. The van der Waals surface area contributed by atoms with Crippen molar-refractivity contribution in [2.75, 3.05) is 5.32 Å². The molecule has 0 aliphatic rings. The second-order valence-electron chi connectivity index (χ2n) is 4.90. The summed E-state index contributed by atoms with van der Waals surface area (Å²) < 4.78 is 2.93. The van der Waals surface area contributed by atoms with Crippen LogP contribution in [0.3, 0.4) is 0 Å². The van der Waals surface area contributed by atoms with E-state index in [0.717, 1.165) is 28.1 Å². The summed E-state index contributed by atoms with van der Waals surface area (Å²) in [6, 6.07) is 5.62. The fraction of sp³-hybridized carbons (Fsp3) is 0.333. The van der Waals surface area contributed by atoms with Crippen LogP contribution < -0.4 is 10.6 Å². The molecule has 0 amide bonds. The van der Waals surface area contributed by atoms with Crippen molar-refractivity contribution in [3.8, 4) is 0 Å². The molecule has 2 rings (SSSR count). The lowest BCUT2D eigenvalue weighted by atomic mass is 10.2. The highest BCUT2D eigenvalue weighted by molar-refractivity contribution is 9.10. The zero-order chi connectivity index (χ0) is 16.3. The molecular weight excluding hydrogens is 384 g/mol. The van der Waals surface area contributed by atoms with E-state index >= 15 is 0 Å². The maximum Gasteiger partial charge on any atom is 0.171 e. The van der Waals surface area contributed by atoms with Gasteiger partial charge in [-0.1, -0.05) is 27.5 Å². The van der Waals surface area contributed by atoms with Gasteiger partial charge in [-0.15, -0.1) is 0 Å². The third kappa shape index (κ3) is 4.00. The molecule has 0 unspecified atom stereocenters. The average molecular weight is 402 g/mol. The lowest BCUT2D eigenvalue weighted by molar-refractivity contribution is 0.633. The normalized spacial score (nSPS) is 10.6. The quantitative estimate of drug-likeness (QED) is 0.744. The van der Waals surface area contributed by atoms with Crippen molar-refractivity contribution in [3.63, 3.8) is 0 Å². The van der Waals surface area contributed by atoms with Gasteiger partial charge in [-0.2, -0.15) is 5.10 Å². The van der Waals surface area contributed by atoms with Crippen molar-refractivity contribution in [3.05, 3.63) is 44.6 Å². The van der Waals surface area contributed by atoms with E-state index in [4.69, 9.17) is 23.8 Å². The van der Waals surface area contributed by atoms with Crippen LogP contribution in [0.2, 0.25) is 5.02 Å². The van der Waals surface area contributed by atoms with E-state index in [1.165, 1.54) is 5.56 Å². The number of rotatable bonds is 4. The largest absolute Gasteiger partial charge is 0.358 e. The molecule has 0 saturated carbocycles. The van der Waals surface area contributed by atoms with E-state index in [9.17, 15) is 0 Å². The first-order valence-electron chi connectivity index (χ1n) is 6.95. The van der Waals surface area contributed by atoms with Crippen molar-refractivity contribution in [1.29, 1.82) is 0 Å². The van der Waals surface area contributed by atoms with Gasteiger partial charge in [-0.25, -0.2) is 0 Å². The van der Waals surface area contributed by atoms with Crippen LogP contribution >= 0.6 is 39.7 Å². The van der Waals surface area contributed by atoms with E-state index < -0.39 is 0 Å². The Morgan fingerprint density at radius 2 is 2.14 bits per heavy atom. The van der Waals surface area contributed by atoms with E-state index in [0.29, 0.717) is 16.7 Å². The molecular formula is C15H18BrClN4S. The monoisotopic (exact) mass is 400 g/mol. The van der Waals surface area contributed by atoms with E-state index in [-0.39, 0.29) is 0 Å². The van der Waals surface area contributed by atoms with E-state index in [1.54, 1.807) is 0 Å². The summed E-state index contributed by atoms with van der Waals surface area (Å²) in [6.07, 6.45) is 0. The summed E-state index contributed by atoms with van der Waals surface area (Å²) in [6.45, 7) is 7.67. The zero-order valence-corrected chi connectivity index (χ0v) is 15.9. The van der Waals surface area contributed by atoms with Crippen molar-refractivity contribution in [2.45, 2.75) is 33.9 Å². The third-order valence-electron chi connectivity index (χ3n) is 3.44. The number of nitrogens with zero attached hydrogens (tertiary/aromatic N) is 2. The highest BCUT2D eigenvalue weighted by Crippen LogP contribution is 2.25. The summed E-state index contributed by atoms with van der Waals surface area (Å²) >= 11 is 14.9. The van der Waals surface area contributed by atoms with Gasteiger partial charge in [-0.05, 0) is 51.2 Å². The molecule has 1 aromatic heterocycles. The molecule has 22 heavy (non-hydrogen) atoms. The summed E-state index contributed by atoms with van der Waals surface area (Å²) in [7, 11) is 0. The van der Waals surface area contributed by atoms with Gasteiger partial charge in [0.05, 0.1) is 16.4 Å². The minimum Gasteiger partial charge on any atom is -0.358 e. The van der Waals surface area contributed by atoms with Crippen LogP contribution in [0.15, 0.2) is 22.7 Å². The SMILES string of the molecule is CCn1nc(C)c(CNC(=S)Nc2ccc(Br)cc2Cl)c1C. The highest BCUT2D eigenvalue weighted by Gasteiger charge is 2.11. The minimum absolute atomic E-state index is 0.535. The summed E-state index contributed by atoms with van der Waals surface area (Å²) in [5.41, 5.74) is 4.14. The van der Waals surface area contributed by atoms with Gasteiger partial charge in [0.25, 0.3) is 0 Å². The Kier molecular flexibility index (Phi) is 5.83. The summed E-state index contributed by atoms with van der Waals surface area (Å²) in [4.78, 5) is 0. The number of halogens is 2. The Morgan fingerprint density at radius 1 is 1.41 bits per heavy atom. The number of thiocarbonyl (C=S) groups is 1. The van der Waals surface area contributed by atoms with Crippen molar-refractivity contribution in [2.24, 2.45) is 0 Å². The molecule has 7 heteroatoms. The number of aryl methyl sites for hydroxylation is 2. The predicted molar refractivity (Wildman–Crippen MR) is 99.6 cm³/mol. The van der Waals surface area contributed by atoms with Gasteiger partial charge in [-0.3, -0.25) is 4.68 Å².